The summed E-state index contributed by atoms with van der Waals surface area (Å²) in [5.74, 6) is 0. The molecule has 4 nitrogen and oxygen atoms in total. The van der Waals surface area contributed by atoms with Crippen LogP contribution in [0, 0.1) is 6.92 Å². The number of hydrogen-bond donors (Lipinski definition) is 2. The Balaban J connectivity index is 1.72. The SMILES string of the molecule is Cc1cc(N(c2ccc(N)cc2)c2ccc(N)cc2)ccc1/C=C/c1ccncc1. The van der Waals surface area contributed by atoms with Gasteiger partial charge in [-0.25, -0.2) is 0 Å². The van der Waals surface area contributed by atoms with Gasteiger partial charge in [0.2, 0.25) is 0 Å². The zero-order valence-corrected chi connectivity index (χ0v) is 16.9. The van der Waals surface area contributed by atoms with Crippen LogP contribution in [0.25, 0.3) is 12.2 Å². The van der Waals surface area contributed by atoms with Crippen molar-refractivity contribution < 1.29 is 0 Å². The number of aromatic nitrogens is 1. The first-order chi connectivity index (χ1) is 14.6. The Labute approximate surface area is 177 Å². The van der Waals surface area contributed by atoms with Crippen LogP contribution in [-0.4, -0.2) is 4.98 Å². The van der Waals surface area contributed by atoms with Crippen molar-refractivity contribution in [3.63, 3.8) is 0 Å². The van der Waals surface area contributed by atoms with Crippen molar-refractivity contribution >= 4 is 40.6 Å². The third-order valence-electron chi connectivity index (χ3n) is 4.98. The number of hydrogen-bond acceptors (Lipinski definition) is 4. The molecule has 3 aromatic carbocycles. The first-order valence-corrected chi connectivity index (χ1v) is 9.80. The summed E-state index contributed by atoms with van der Waals surface area (Å²) in [6, 6.07) is 26.2. The molecule has 0 aliphatic carbocycles. The monoisotopic (exact) mass is 392 g/mol. The average molecular weight is 393 g/mol. The van der Waals surface area contributed by atoms with E-state index in [9.17, 15) is 0 Å². The molecule has 0 aliphatic heterocycles. The molecule has 0 saturated heterocycles. The van der Waals surface area contributed by atoms with Gasteiger partial charge in [0.1, 0.15) is 0 Å². The van der Waals surface area contributed by atoms with Crippen LogP contribution in [0.1, 0.15) is 16.7 Å². The third kappa shape index (κ3) is 4.33. The summed E-state index contributed by atoms with van der Waals surface area (Å²) in [7, 11) is 0. The zero-order chi connectivity index (χ0) is 20.9. The Morgan fingerprint density at radius 2 is 1.20 bits per heavy atom. The van der Waals surface area contributed by atoms with Gasteiger partial charge in [0.25, 0.3) is 0 Å². The second-order valence-electron chi connectivity index (χ2n) is 7.17. The lowest BCUT2D eigenvalue weighted by atomic mass is 10.0. The normalized spacial score (nSPS) is 11.0. The van der Waals surface area contributed by atoms with Gasteiger partial charge in [-0.2, -0.15) is 0 Å². The molecule has 4 N–H and O–H groups in total. The Morgan fingerprint density at radius 1 is 0.667 bits per heavy atom. The van der Waals surface area contributed by atoms with Gasteiger partial charge in [0.05, 0.1) is 0 Å². The van der Waals surface area contributed by atoms with E-state index in [2.05, 4.69) is 47.2 Å². The van der Waals surface area contributed by atoms with E-state index < -0.39 is 0 Å². The van der Waals surface area contributed by atoms with Crippen molar-refractivity contribution in [3.05, 3.63) is 108 Å². The zero-order valence-electron chi connectivity index (χ0n) is 16.9. The summed E-state index contributed by atoms with van der Waals surface area (Å²) in [6.07, 6.45) is 7.83. The van der Waals surface area contributed by atoms with Crippen LogP contribution in [0.15, 0.2) is 91.3 Å². The van der Waals surface area contributed by atoms with Crippen LogP contribution in [-0.2, 0) is 0 Å². The topological polar surface area (TPSA) is 68.2 Å². The standard InChI is InChI=1S/C26H24N4/c1-19-18-26(9-4-21(19)3-2-20-14-16-29-17-15-20)30(24-10-5-22(27)6-11-24)25-12-7-23(28)8-13-25/h2-18H,27-28H2,1H3/b3-2+. The lowest BCUT2D eigenvalue weighted by Gasteiger charge is -2.26. The molecule has 0 bridgehead atoms. The number of nitrogens with two attached hydrogens (primary N) is 2. The van der Waals surface area contributed by atoms with Crippen molar-refractivity contribution in [2.45, 2.75) is 6.92 Å². The highest BCUT2D eigenvalue weighted by Crippen LogP contribution is 2.36. The largest absolute Gasteiger partial charge is 0.399 e. The van der Waals surface area contributed by atoms with E-state index in [4.69, 9.17) is 11.5 Å². The number of nitrogen functional groups attached to an aromatic ring is 2. The Hall–Kier alpha value is -4.05. The summed E-state index contributed by atoms with van der Waals surface area (Å²) < 4.78 is 0. The summed E-state index contributed by atoms with van der Waals surface area (Å²) in [4.78, 5) is 6.26. The van der Waals surface area contributed by atoms with Crippen LogP contribution in [0.2, 0.25) is 0 Å². The molecule has 0 unspecified atom stereocenters. The van der Waals surface area contributed by atoms with Crippen LogP contribution in [0.3, 0.4) is 0 Å². The van der Waals surface area contributed by atoms with E-state index in [0.29, 0.717) is 0 Å². The number of nitrogens with zero attached hydrogens (tertiary/aromatic N) is 2. The van der Waals surface area contributed by atoms with E-state index in [1.54, 1.807) is 12.4 Å². The summed E-state index contributed by atoms with van der Waals surface area (Å²) in [5.41, 5.74) is 19.9. The molecule has 4 aromatic rings. The molecular formula is C26H24N4. The van der Waals surface area contributed by atoms with Gasteiger partial charge in [-0.3, -0.25) is 4.98 Å². The smallest absolute Gasteiger partial charge is 0.0464 e. The van der Waals surface area contributed by atoms with Gasteiger partial charge in [0, 0.05) is 40.8 Å². The van der Waals surface area contributed by atoms with Crippen molar-refractivity contribution in [2.75, 3.05) is 16.4 Å². The van der Waals surface area contributed by atoms with E-state index in [1.807, 2.05) is 60.7 Å². The number of pyridine rings is 1. The van der Waals surface area contributed by atoms with E-state index in [0.717, 1.165) is 34.0 Å². The molecule has 0 fully saturated rings. The molecule has 1 aromatic heterocycles. The minimum Gasteiger partial charge on any atom is -0.399 e. The number of benzene rings is 3. The van der Waals surface area contributed by atoms with Crippen molar-refractivity contribution in [2.24, 2.45) is 0 Å². The van der Waals surface area contributed by atoms with E-state index >= 15 is 0 Å². The predicted molar refractivity (Wildman–Crippen MR) is 128 cm³/mol. The number of aryl methyl sites for hydroxylation is 1. The van der Waals surface area contributed by atoms with Crippen LogP contribution in [0.5, 0.6) is 0 Å². The molecule has 4 rings (SSSR count). The molecule has 0 spiro atoms. The quantitative estimate of drug-likeness (QED) is 0.397. The molecule has 0 saturated carbocycles. The highest BCUT2D eigenvalue weighted by atomic mass is 15.1. The fourth-order valence-corrected chi connectivity index (χ4v) is 3.34. The fraction of sp³-hybridized carbons (Fsp3) is 0.0385. The molecule has 0 amide bonds. The predicted octanol–water partition coefficient (Wildman–Crippen LogP) is 6.19. The van der Waals surface area contributed by atoms with Gasteiger partial charge in [0.15, 0.2) is 0 Å². The minimum absolute atomic E-state index is 0.740. The highest BCUT2D eigenvalue weighted by Gasteiger charge is 2.13. The fourth-order valence-electron chi connectivity index (χ4n) is 3.34. The van der Waals surface area contributed by atoms with Crippen LogP contribution in [0.4, 0.5) is 28.4 Å². The Kier molecular flexibility index (Phi) is 5.48. The molecule has 4 heteroatoms. The molecular weight excluding hydrogens is 368 g/mol. The summed E-state index contributed by atoms with van der Waals surface area (Å²) in [6.45, 7) is 2.12. The maximum absolute atomic E-state index is 5.90. The average Bonchev–Trinajstić information content (AvgIpc) is 2.77. The molecule has 1 heterocycles. The van der Waals surface area contributed by atoms with Gasteiger partial charge < -0.3 is 16.4 Å². The molecule has 0 radical (unpaired) electrons. The maximum Gasteiger partial charge on any atom is 0.0464 e. The van der Waals surface area contributed by atoms with Crippen molar-refractivity contribution in [1.82, 2.24) is 4.98 Å². The molecule has 148 valence electrons. The van der Waals surface area contributed by atoms with Gasteiger partial charge >= 0.3 is 0 Å². The third-order valence-corrected chi connectivity index (χ3v) is 4.98. The number of rotatable bonds is 5. The summed E-state index contributed by atoms with van der Waals surface area (Å²) >= 11 is 0. The van der Waals surface area contributed by atoms with E-state index in [1.165, 1.54) is 11.1 Å². The van der Waals surface area contributed by atoms with Crippen LogP contribution < -0.4 is 16.4 Å². The first-order valence-electron chi connectivity index (χ1n) is 9.80. The van der Waals surface area contributed by atoms with Crippen LogP contribution >= 0.6 is 0 Å². The molecule has 0 atom stereocenters. The Bertz CT molecular complexity index is 1100. The lowest BCUT2D eigenvalue weighted by Crippen LogP contribution is -2.10. The second kappa shape index (κ2) is 8.53. The van der Waals surface area contributed by atoms with Crippen molar-refractivity contribution in [3.8, 4) is 0 Å². The number of anilines is 5. The highest BCUT2D eigenvalue weighted by molar-refractivity contribution is 5.80. The lowest BCUT2D eigenvalue weighted by molar-refractivity contribution is 1.27. The van der Waals surface area contributed by atoms with Crippen molar-refractivity contribution in [1.29, 1.82) is 0 Å². The second-order valence-corrected chi connectivity index (χ2v) is 7.17. The molecule has 30 heavy (non-hydrogen) atoms. The van der Waals surface area contributed by atoms with Gasteiger partial charge in [-0.15, -0.1) is 0 Å². The Morgan fingerprint density at radius 3 is 1.73 bits per heavy atom. The minimum atomic E-state index is 0.740. The molecule has 0 aliphatic rings. The first kappa shape index (κ1) is 19.3. The maximum atomic E-state index is 5.90. The van der Waals surface area contributed by atoms with E-state index in [-0.39, 0.29) is 0 Å². The van der Waals surface area contributed by atoms with Gasteiger partial charge in [-0.1, -0.05) is 18.2 Å². The van der Waals surface area contributed by atoms with Gasteiger partial charge in [-0.05, 0) is 96.4 Å². The summed E-state index contributed by atoms with van der Waals surface area (Å²) in [5, 5.41) is 0.